The van der Waals surface area contributed by atoms with E-state index in [9.17, 15) is 23.1 Å². The van der Waals surface area contributed by atoms with E-state index in [1.54, 1.807) is 12.1 Å². The first-order valence-electron chi connectivity index (χ1n) is 15.7. The fourth-order valence-electron chi connectivity index (χ4n) is 5.75. The van der Waals surface area contributed by atoms with Crippen molar-refractivity contribution >= 4 is 22.1 Å². The summed E-state index contributed by atoms with van der Waals surface area (Å²) in [4.78, 5) is 28.3. The summed E-state index contributed by atoms with van der Waals surface area (Å²) in [5, 5.41) is 23.2. The molecule has 2 fully saturated rings. The molecule has 14 heteroatoms. The highest BCUT2D eigenvalue weighted by molar-refractivity contribution is 7.89. The number of aliphatic carboxylic acids is 1. The number of aryl methyl sites for hydroxylation is 1. The smallest absolute Gasteiger partial charge is 0.407 e. The number of nitrogens with zero attached hydrogens (tertiary/aromatic N) is 2. The average Bonchev–Trinajstić information content (AvgIpc) is 3.79. The van der Waals surface area contributed by atoms with Crippen LogP contribution in [0.25, 0.3) is 11.3 Å². The molecule has 1 aromatic heterocycles. The summed E-state index contributed by atoms with van der Waals surface area (Å²) in [5.41, 5.74) is 1.89. The maximum Gasteiger partial charge on any atom is 0.407 e. The number of alkyl carbamates (subject to hydrolysis) is 1. The Labute approximate surface area is 273 Å². The Hall–Kier alpha value is -3.82. The number of rotatable bonds is 15. The Bertz CT molecular complexity index is 1600. The molecule has 0 aliphatic carbocycles. The molecule has 0 bridgehead atoms. The van der Waals surface area contributed by atoms with Gasteiger partial charge in [0.2, 0.25) is 10.0 Å². The van der Waals surface area contributed by atoms with Gasteiger partial charge in [-0.15, -0.1) is 0 Å². The van der Waals surface area contributed by atoms with E-state index in [1.807, 2.05) is 44.2 Å². The minimum Gasteiger partial charge on any atom is -0.481 e. The van der Waals surface area contributed by atoms with Gasteiger partial charge in [0, 0.05) is 25.1 Å². The lowest BCUT2D eigenvalue weighted by atomic mass is 10.0. The van der Waals surface area contributed by atoms with Crippen LogP contribution >= 0.6 is 0 Å². The second-order valence-electron chi connectivity index (χ2n) is 12.2. The summed E-state index contributed by atoms with van der Waals surface area (Å²) in [6, 6.07) is 14.5. The van der Waals surface area contributed by atoms with Crippen molar-refractivity contribution in [2.45, 2.75) is 69.0 Å². The second-order valence-corrected chi connectivity index (χ2v) is 14.2. The fourth-order valence-corrected chi connectivity index (χ4v) is 7.38. The zero-order valence-electron chi connectivity index (χ0n) is 26.4. The molecule has 1 amide bonds. The van der Waals surface area contributed by atoms with Gasteiger partial charge in [-0.1, -0.05) is 56.3 Å². The van der Waals surface area contributed by atoms with Crippen LogP contribution in [0.4, 0.5) is 4.79 Å². The number of aliphatic hydroxyl groups excluding tert-OH is 1. The van der Waals surface area contributed by atoms with E-state index in [4.69, 9.17) is 23.7 Å². The summed E-state index contributed by atoms with van der Waals surface area (Å²) in [6.07, 6.45) is -0.507. The molecule has 5 atom stereocenters. The number of amides is 1. The number of nitrogens with one attached hydrogen (secondary N) is 1. The highest BCUT2D eigenvalue weighted by atomic mass is 32.2. The topological polar surface area (TPSA) is 178 Å². The van der Waals surface area contributed by atoms with Crippen molar-refractivity contribution in [3.05, 3.63) is 72.3 Å². The molecule has 2 aliphatic heterocycles. The van der Waals surface area contributed by atoms with Gasteiger partial charge in [-0.05, 0) is 36.5 Å². The molecule has 13 nitrogen and oxygen atoms in total. The monoisotopic (exact) mass is 671 g/mol. The summed E-state index contributed by atoms with van der Waals surface area (Å²) < 4.78 is 51.2. The molecule has 3 heterocycles. The van der Waals surface area contributed by atoms with Crippen LogP contribution in [0.2, 0.25) is 0 Å². The molecule has 2 aromatic carbocycles. The third kappa shape index (κ3) is 8.96. The minimum absolute atomic E-state index is 0.0187. The van der Waals surface area contributed by atoms with E-state index in [0.717, 1.165) is 5.56 Å². The van der Waals surface area contributed by atoms with Crippen molar-refractivity contribution in [3.63, 3.8) is 0 Å². The molecule has 0 spiro atoms. The van der Waals surface area contributed by atoms with Gasteiger partial charge in [0.05, 0.1) is 42.6 Å². The number of hydrogen-bond acceptors (Lipinski definition) is 10. The number of sulfonamides is 1. The van der Waals surface area contributed by atoms with Gasteiger partial charge in [0.25, 0.3) is 0 Å². The van der Waals surface area contributed by atoms with E-state index in [-0.39, 0.29) is 67.9 Å². The van der Waals surface area contributed by atoms with E-state index in [1.165, 1.54) is 22.7 Å². The molecular weight excluding hydrogens is 630 g/mol. The number of carboxylic acid groups (broad SMARTS) is 1. The number of carbonyl (C=O) groups is 2. The van der Waals surface area contributed by atoms with Crippen LogP contribution in [-0.2, 0) is 41.9 Å². The highest BCUT2D eigenvalue weighted by Crippen LogP contribution is 2.33. The van der Waals surface area contributed by atoms with Crippen molar-refractivity contribution in [3.8, 4) is 11.3 Å². The molecule has 0 unspecified atom stereocenters. The Morgan fingerprint density at radius 3 is 2.53 bits per heavy atom. The molecule has 0 saturated carbocycles. The Morgan fingerprint density at radius 2 is 1.83 bits per heavy atom. The molecule has 47 heavy (non-hydrogen) atoms. The molecule has 3 aromatic rings. The third-order valence-electron chi connectivity index (χ3n) is 8.16. The predicted molar refractivity (Wildman–Crippen MR) is 169 cm³/mol. The summed E-state index contributed by atoms with van der Waals surface area (Å²) >= 11 is 0. The average molecular weight is 672 g/mol. The third-order valence-corrected chi connectivity index (χ3v) is 10.0. The van der Waals surface area contributed by atoms with Crippen LogP contribution in [0.5, 0.6) is 0 Å². The van der Waals surface area contributed by atoms with Gasteiger partial charge in [-0.25, -0.2) is 18.2 Å². The van der Waals surface area contributed by atoms with Crippen LogP contribution in [0.1, 0.15) is 38.1 Å². The molecule has 254 valence electrons. The molecule has 5 rings (SSSR count). The Balaban J connectivity index is 1.30. The standard InChI is InChI=1S/C33H41N3O10S/c1-21(2)17-36(47(41,42)24-10-8-23(9-11-24)27-19-44-30(34-27)12-13-31(38)39)18-28(37)26(16-22-6-4-3-5-7-22)35-33(40)46-29-20-45-32-25(29)14-15-43-32/h3-11,19,21,25-26,28-29,32,37H,12-18,20H2,1-2H3,(H,35,40)(H,38,39)/t25-,26-,28+,29-,32+/m0/s1. The molecule has 2 saturated heterocycles. The minimum atomic E-state index is -4.08. The van der Waals surface area contributed by atoms with Crippen LogP contribution < -0.4 is 5.32 Å². The van der Waals surface area contributed by atoms with Crippen molar-refractivity contribution < 1.29 is 46.8 Å². The van der Waals surface area contributed by atoms with Crippen LogP contribution in [0, 0.1) is 11.8 Å². The Morgan fingerprint density at radius 1 is 1.09 bits per heavy atom. The SMILES string of the molecule is CC(C)CN(C[C@@H](O)[C@H](Cc1ccccc1)NC(=O)O[C@H]1CO[C@H]2OCC[C@H]21)S(=O)(=O)c1ccc(-c2coc(CCC(=O)O)n2)cc1. The van der Waals surface area contributed by atoms with Gasteiger partial charge >= 0.3 is 12.1 Å². The quantitative estimate of drug-likeness (QED) is 0.216. The second kappa shape index (κ2) is 15.4. The van der Waals surface area contributed by atoms with Gasteiger partial charge in [0.1, 0.15) is 18.1 Å². The van der Waals surface area contributed by atoms with E-state index >= 15 is 0 Å². The van der Waals surface area contributed by atoms with Gasteiger partial charge in [0.15, 0.2) is 12.2 Å². The lowest BCUT2D eigenvalue weighted by molar-refractivity contribution is -0.137. The largest absolute Gasteiger partial charge is 0.481 e. The molecule has 2 aliphatic rings. The van der Waals surface area contributed by atoms with Crippen molar-refractivity contribution in [2.24, 2.45) is 11.8 Å². The number of hydrogen-bond donors (Lipinski definition) is 3. The highest BCUT2D eigenvalue weighted by Gasteiger charge is 2.44. The first kappa shape index (κ1) is 34.5. The number of oxazole rings is 1. The first-order valence-corrected chi connectivity index (χ1v) is 17.1. The fraction of sp³-hybridized carbons (Fsp3) is 0.485. The molecule has 3 N–H and O–H groups in total. The summed E-state index contributed by atoms with van der Waals surface area (Å²) in [5.74, 6) is -0.814. The summed E-state index contributed by atoms with van der Waals surface area (Å²) in [7, 11) is -4.08. The number of fused-ring (bicyclic) bond motifs is 1. The van der Waals surface area contributed by atoms with E-state index in [0.29, 0.717) is 24.3 Å². The number of aliphatic hydroxyl groups is 1. The molecular formula is C33H41N3O10S. The number of aromatic nitrogens is 1. The first-order chi connectivity index (χ1) is 22.5. The van der Waals surface area contributed by atoms with Gasteiger partial charge in [-0.3, -0.25) is 4.79 Å². The maximum atomic E-state index is 13.9. The predicted octanol–water partition coefficient (Wildman–Crippen LogP) is 3.47. The Kier molecular flexibility index (Phi) is 11.3. The lowest BCUT2D eigenvalue weighted by Gasteiger charge is -2.31. The summed E-state index contributed by atoms with van der Waals surface area (Å²) in [6.45, 7) is 4.36. The van der Waals surface area contributed by atoms with Crippen molar-refractivity contribution in [1.82, 2.24) is 14.6 Å². The van der Waals surface area contributed by atoms with Gasteiger partial charge < -0.3 is 34.2 Å². The zero-order chi connectivity index (χ0) is 33.6. The number of carboxylic acids is 1. The zero-order valence-corrected chi connectivity index (χ0v) is 27.2. The van der Waals surface area contributed by atoms with E-state index < -0.39 is 40.3 Å². The maximum absolute atomic E-state index is 13.9. The van der Waals surface area contributed by atoms with Crippen molar-refractivity contribution in [2.75, 3.05) is 26.3 Å². The normalized spacial score (nSPS) is 20.7. The van der Waals surface area contributed by atoms with Gasteiger partial charge in [-0.2, -0.15) is 4.31 Å². The molecule has 0 radical (unpaired) electrons. The van der Waals surface area contributed by atoms with Crippen LogP contribution in [0.3, 0.4) is 0 Å². The number of benzene rings is 2. The number of carbonyl (C=O) groups excluding carboxylic acids is 1. The van der Waals surface area contributed by atoms with Crippen LogP contribution in [0.15, 0.2) is 70.2 Å². The van der Waals surface area contributed by atoms with E-state index in [2.05, 4.69) is 10.3 Å². The number of ether oxygens (including phenoxy) is 3. The van der Waals surface area contributed by atoms with Crippen molar-refractivity contribution in [1.29, 1.82) is 0 Å². The lowest BCUT2D eigenvalue weighted by Crippen LogP contribution is -2.51. The van der Waals surface area contributed by atoms with Crippen LogP contribution in [-0.4, -0.2) is 90.8 Å².